The molecule has 0 saturated carbocycles. The number of aliphatic imine (C=N–C) groups is 1. The van der Waals surface area contributed by atoms with Gasteiger partial charge in [-0.25, -0.2) is 8.42 Å². The summed E-state index contributed by atoms with van der Waals surface area (Å²) in [6, 6.07) is 16.0. The summed E-state index contributed by atoms with van der Waals surface area (Å²) in [7, 11) is -2.39. The van der Waals surface area contributed by atoms with E-state index in [9.17, 15) is 18.0 Å². The number of anilines is 1. The van der Waals surface area contributed by atoms with Crippen molar-refractivity contribution in [3.8, 4) is 5.75 Å². The molecule has 0 bridgehead atoms. The van der Waals surface area contributed by atoms with Crippen LogP contribution < -0.4 is 14.4 Å². The summed E-state index contributed by atoms with van der Waals surface area (Å²) in [6.07, 6.45) is 5.53. The van der Waals surface area contributed by atoms with Gasteiger partial charge in [0, 0.05) is 24.9 Å². The molecule has 4 rings (SSSR count). The van der Waals surface area contributed by atoms with Crippen molar-refractivity contribution in [1.29, 1.82) is 0 Å². The molecule has 1 aliphatic heterocycles. The minimum absolute atomic E-state index is 0.0174. The smallest absolute Gasteiger partial charge is 0.264 e. The van der Waals surface area contributed by atoms with Gasteiger partial charge in [0.15, 0.2) is 5.78 Å². The fourth-order valence-electron chi connectivity index (χ4n) is 3.95. The van der Waals surface area contributed by atoms with Gasteiger partial charge >= 0.3 is 0 Å². The maximum atomic E-state index is 13.4. The SMILES string of the molecule is CCN(c1ccccc1)S(=O)(=O)C1=CC2C(=O)C(C(=O)NCc3ccccc3OC)=CN=C2C=C1. The molecule has 1 atom stereocenters. The Morgan fingerprint density at radius 2 is 1.80 bits per heavy atom. The van der Waals surface area contributed by atoms with Crippen molar-refractivity contribution >= 4 is 33.1 Å². The summed E-state index contributed by atoms with van der Waals surface area (Å²) in [4.78, 5) is 30.2. The van der Waals surface area contributed by atoms with E-state index in [0.29, 0.717) is 17.1 Å². The van der Waals surface area contributed by atoms with E-state index in [1.54, 1.807) is 43.3 Å². The summed E-state index contributed by atoms with van der Waals surface area (Å²) in [6.45, 7) is 2.11. The number of ketones is 1. The average Bonchev–Trinajstić information content (AvgIpc) is 2.88. The van der Waals surface area contributed by atoms with Crippen LogP contribution in [-0.2, 0) is 26.2 Å². The Hall–Kier alpha value is -3.98. The number of Topliss-reactive ketones (excluding diaryl/α,β-unsaturated/α-hetero) is 1. The number of fused-ring (bicyclic) bond motifs is 1. The van der Waals surface area contributed by atoms with Crippen molar-refractivity contribution in [1.82, 2.24) is 5.32 Å². The maximum Gasteiger partial charge on any atom is 0.264 e. The number of amides is 1. The second-order valence-corrected chi connectivity index (χ2v) is 9.70. The molecule has 1 amide bonds. The van der Waals surface area contributed by atoms with Gasteiger partial charge in [0.05, 0.1) is 29.3 Å². The van der Waals surface area contributed by atoms with E-state index >= 15 is 0 Å². The number of sulfonamides is 1. The molecule has 1 aliphatic carbocycles. The zero-order valence-corrected chi connectivity index (χ0v) is 20.2. The number of benzene rings is 2. The lowest BCUT2D eigenvalue weighted by Crippen LogP contribution is -2.37. The molecule has 0 fully saturated rings. The average molecular weight is 492 g/mol. The minimum Gasteiger partial charge on any atom is -0.496 e. The van der Waals surface area contributed by atoms with Crippen molar-refractivity contribution in [2.45, 2.75) is 13.5 Å². The van der Waals surface area contributed by atoms with E-state index in [0.717, 1.165) is 5.56 Å². The summed E-state index contributed by atoms with van der Waals surface area (Å²) in [5.41, 5.74) is 1.53. The van der Waals surface area contributed by atoms with Crippen molar-refractivity contribution in [2.75, 3.05) is 18.0 Å². The number of allylic oxidation sites excluding steroid dienone is 3. The highest BCUT2D eigenvalue weighted by molar-refractivity contribution is 7.96. The third-order valence-electron chi connectivity index (χ3n) is 5.75. The predicted octanol–water partition coefficient (Wildman–Crippen LogP) is 3.15. The van der Waals surface area contributed by atoms with E-state index in [-0.39, 0.29) is 23.6 Å². The molecule has 2 aromatic rings. The molecule has 0 saturated heterocycles. The monoisotopic (exact) mass is 491 g/mol. The number of hydrogen-bond donors (Lipinski definition) is 1. The molecule has 2 aromatic carbocycles. The van der Waals surface area contributed by atoms with Crippen molar-refractivity contribution < 1.29 is 22.7 Å². The predicted molar refractivity (Wildman–Crippen MR) is 134 cm³/mol. The van der Waals surface area contributed by atoms with Crippen LogP contribution in [0.5, 0.6) is 5.75 Å². The number of nitrogens with one attached hydrogen (secondary N) is 1. The highest BCUT2D eigenvalue weighted by atomic mass is 32.2. The molecule has 8 nitrogen and oxygen atoms in total. The van der Waals surface area contributed by atoms with Crippen LogP contribution in [0.3, 0.4) is 0 Å². The lowest BCUT2D eigenvalue weighted by Gasteiger charge is -2.26. The largest absolute Gasteiger partial charge is 0.496 e. The lowest BCUT2D eigenvalue weighted by atomic mass is 9.88. The third-order valence-corrected chi connectivity index (χ3v) is 7.67. The molecule has 9 heteroatoms. The number of methoxy groups -OCH3 is 1. The second kappa shape index (κ2) is 10.1. The molecule has 35 heavy (non-hydrogen) atoms. The Morgan fingerprint density at radius 3 is 2.51 bits per heavy atom. The van der Waals surface area contributed by atoms with Gasteiger partial charge in [-0.1, -0.05) is 36.4 Å². The zero-order chi connectivity index (χ0) is 25.0. The van der Waals surface area contributed by atoms with Gasteiger partial charge in [0.25, 0.3) is 15.9 Å². The molecule has 0 radical (unpaired) electrons. The summed E-state index contributed by atoms with van der Waals surface area (Å²) < 4.78 is 33.3. The normalized spacial score (nSPS) is 17.0. The highest BCUT2D eigenvalue weighted by Gasteiger charge is 2.36. The first-order valence-electron chi connectivity index (χ1n) is 11.1. The number of carbonyl (C=O) groups excluding carboxylic acids is 2. The Balaban J connectivity index is 1.55. The molecule has 1 unspecified atom stereocenters. The van der Waals surface area contributed by atoms with Crippen LogP contribution in [0.25, 0.3) is 0 Å². The first kappa shape index (κ1) is 24.2. The zero-order valence-electron chi connectivity index (χ0n) is 19.3. The number of hydrogen-bond acceptors (Lipinski definition) is 6. The van der Waals surface area contributed by atoms with E-state index in [4.69, 9.17) is 4.74 Å². The van der Waals surface area contributed by atoms with Crippen LogP contribution in [0.1, 0.15) is 12.5 Å². The van der Waals surface area contributed by atoms with Gasteiger partial charge in [-0.15, -0.1) is 0 Å². The summed E-state index contributed by atoms with van der Waals surface area (Å²) >= 11 is 0. The number of ether oxygens (including phenoxy) is 1. The Morgan fingerprint density at radius 1 is 1.09 bits per heavy atom. The maximum absolute atomic E-state index is 13.4. The van der Waals surface area contributed by atoms with Gasteiger partial charge < -0.3 is 10.1 Å². The quantitative estimate of drug-likeness (QED) is 0.571. The first-order valence-corrected chi connectivity index (χ1v) is 12.5. The Kier molecular flexibility index (Phi) is 6.97. The van der Waals surface area contributed by atoms with E-state index in [1.807, 2.05) is 18.2 Å². The molecule has 1 heterocycles. The van der Waals surface area contributed by atoms with Crippen LogP contribution in [0.2, 0.25) is 0 Å². The van der Waals surface area contributed by atoms with Crippen LogP contribution in [-0.4, -0.2) is 39.5 Å². The topological polar surface area (TPSA) is 105 Å². The van der Waals surface area contributed by atoms with Crippen molar-refractivity contribution in [3.63, 3.8) is 0 Å². The van der Waals surface area contributed by atoms with Gasteiger partial charge in [-0.05, 0) is 43.4 Å². The van der Waals surface area contributed by atoms with E-state index in [2.05, 4.69) is 10.3 Å². The summed E-state index contributed by atoms with van der Waals surface area (Å²) in [5.74, 6) is -1.44. The van der Waals surface area contributed by atoms with E-state index in [1.165, 1.54) is 35.8 Å². The molecule has 0 spiro atoms. The van der Waals surface area contributed by atoms with E-state index < -0.39 is 27.6 Å². The summed E-state index contributed by atoms with van der Waals surface area (Å²) in [5, 5.41) is 2.72. The molecule has 0 aromatic heterocycles. The number of carbonyl (C=O) groups is 2. The van der Waals surface area contributed by atoms with Crippen LogP contribution in [0.15, 0.2) is 94.5 Å². The van der Waals surface area contributed by atoms with Gasteiger partial charge in [-0.3, -0.25) is 18.9 Å². The highest BCUT2D eigenvalue weighted by Crippen LogP contribution is 2.29. The third kappa shape index (κ3) is 4.81. The van der Waals surface area contributed by atoms with Gasteiger partial charge in [0.2, 0.25) is 0 Å². The van der Waals surface area contributed by atoms with Crippen molar-refractivity contribution in [3.05, 3.63) is 95.1 Å². The Labute approximate surface area is 204 Å². The van der Waals surface area contributed by atoms with Crippen LogP contribution >= 0.6 is 0 Å². The molecule has 1 N–H and O–H groups in total. The van der Waals surface area contributed by atoms with Gasteiger partial charge in [-0.2, -0.15) is 0 Å². The fraction of sp³-hybridized carbons (Fsp3) is 0.192. The molecular weight excluding hydrogens is 466 g/mol. The first-order chi connectivity index (χ1) is 16.9. The molecule has 180 valence electrons. The number of para-hydroxylation sites is 2. The number of nitrogens with zero attached hydrogens (tertiary/aromatic N) is 2. The standard InChI is InChI=1S/C26H25N3O5S/c1-3-29(19-10-5-4-6-11-19)35(32,33)20-13-14-23-21(15-20)25(30)22(17-27-23)26(31)28-16-18-9-7-8-12-24(18)34-2/h4-15,17,21H,3,16H2,1-2H3,(H,28,31). The molecule has 2 aliphatic rings. The Bertz CT molecular complexity index is 1370. The van der Waals surface area contributed by atoms with Crippen molar-refractivity contribution in [2.24, 2.45) is 10.9 Å². The minimum atomic E-state index is -3.93. The number of rotatable bonds is 8. The molecular formula is C26H25N3O5S. The lowest BCUT2D eigenvalue weighted by molar-refractivity contribution is -0.123. The van der Waals surface area contributed by atoms with Crippen LogP contribution in [0.4, 0.5) is 5.69 Å². The van der Waals surface area contributed by atoms with Gasteiger partial charge in [0.1, 0.15) is 11.3 Å². The second-order valence-electron chi connectivity index (χ2n) is 7.84. The fourth-order valence-corrected chi connectivity index (χ4v) is 5.50. The van der Waals surface area contributed by atoms with Crippen LogP contribution in [0, 0.1) is 5.92 Å².